The summed E-state index contributed by atoms with van der Waals surface area (Å²) in [5, 5.41) is 0. The highest BCUT2D eigenvalue weighted by Gasteiger charge is 2.28. The fourth-order valence-electron chi connectivity index (χ4n) is 2.55. The second kappa shape index (κ2) is 5.82. The molecule has 0 aromatic heterocycles. The second-order valence-corrected chi connectivity index (χ2v) is 6.21. The smallest absolute Gasteiger partial charge is 0.265 e. The fraction of sp³-hybridized carbons (Fsp3) is 0.538. The SMILES string of the molecule is O=S(=O)(O)C[C@@H](c1ccccc1)C1CCOCC1. The predicted octanol–water partition coefficient (Wildman–Crippen LogP) is 2.08. The Morgan fingerprint density at radius 1 is 1.22 bits per heavy atom. The fourth-order valence-corrected chi connectivity index (χ4v) is 3.47. The molecule has 1 aromatic rings. The minimum absolute atomic E-state index is 0.148. The standard InChI is InChI=1S/C13H18O4S/c14-18(15,16)10-13(11-4-2-1-3-5-11)12-6-8-17-9-7-12/h1-5,12-13H,6-10H2,(H,14,15,16)/t13-/m0/s1. The summed E-state index contributed by atoms with van der Waals surface area (Å²) >= 11 is 0. The van der Waals surface area contributed by atoms with E-state index in [9.17, 15) is 8.42 Å². The minimum atomic E-state index is -3.96. The predicted molar refractivity (Wildman–Crippen MR) is 69.1 cm³/mol. The molecule has 0 unspecified atom stereocenters. The molecule has 5 heteroatoms. The van der Waals surface area contributed by atoms with Crippen molar-refractivity contribution in [2.24, 2.45) is 5.92 Å². The van der Waals surface area contributed by atoms with Gasteiger partial charge < -0.3 is 4.74 Å². The lowest BCUT2D eigenvalue weighted by Crippen LogP contribution is -2.27. The lowest BCUT2D eigenvalue weighted by atomic mass is 9.82. The highest BCUT2D eigenvalue weighted by molar-refractivity contribution is 7.85. The van der Waals surface area contributed by atoms with E-state index in [0.29, 0.717) is 13.2 Å². The molecule has 4 nitrogen and oxygen atoms in total. The van der Waals surface area contributed by atoms with Crippen molar-refractivity contribution in [3.63, 3.8) is 0 Å². The topological polar surface area (TPSA) is 63.6 Å². The molecule has 0 spiro atoms. The van der Waals surface area contributed by atoms with Gasteiger partial charge >= 0.3 is 0 Å². The van der Waals surface area contributed by atoms with Crippen molar-refractivity contribution in [1.82, 2.24) is 0 Å². The maximum Gasteiger partial charge on any atom is 0.265 e. The van der Waals surface area contributed by atoms with Crippen LogP contribution in [0.15, 0.2) is 30.3 Å². The third-order valence-corrected chi connectivity index (χ3v) is 4.23. The van der Waals surface area contributed by atoms with Crippen molar-refractivity contribution >= 4 is 10.1 Å². The van der Waals surface area contributed by atoms with Crippen molar-refractivity contribution in [2.45, 2.75) is 18.8 Å². The Labute approximate surface area is 108 Å². The number of benzene rings is 1. The van der Waals surface area contributed by atoms with Gasteiger partial charge in [-0.05, 0) is 24.3 Å². The minimum Gasteiger partial charge on any atom is -0.381 e. The van der Waals surface area contributed by atoms with Crippen molar-refractivity contribution in [3.05, 3.63) is 35.9 Å². The normalized spacial score (nSPS) is 19.6. The first kappa shape index (κ1) is 13.5. The molecule has 0 radical (unpaired) electrons. The molecule has 0 aliphatic carbocycles. The van der Waals surface area contributed by atoms with E-state index in [1.165, 1.54) is 0 Å². The number of ether oxygens (including phenoxy) is 1. The molecule has 1 aliphatic rings. The zero-order valence-electron chi connectivity index (χ0n) is 10.2. The molecule has 1 atom stereocenters. The van der Waals surface area contributed by atoms with Gasteiger partial charge in [-0.3, -0.25) is 4.55 Å². The van der Waals surface area contributed by atoms with Crippen LogP contribution < -0.4 is 0 Å². The van der Waals surface area contributed by atoms with Gasteiger partial charge in [0.2, 0.25) is 0 Å². The molecule has 100 valence electrons. The molecule has 18 heavy (non-hydrogen) atoms. The van der Waals surface area contributed by atoms with Gasteiger partial charge in [-0.15, -0.1) is 0 Å². The molecule has 0 bridgehead atoms. The summed E-state index contributed by atoms with van der Waals surface area (Å²) in [6.45, 7) is 1.33. The molecule has 1 N–H and O–H groups in total. The largest absolute Gasteiger partial charge is 0.381 e. The van der Waals surface area contributed by atoms with E-state index in [0.717, 1.165) is 18.4 Å². The summed E-state index contributed by atoms with van der Waals surface area (Å²) in [5.41, 5.74) is 0.974. The van der Waals surface area contributed by atoms with Gasteiger partial charge in [0, 0.05) is 19.1 Å². The lowest BCUT2D eigenvalue weighted by Gasteiger charge is -2.29. The maximum absolute atomic E-state index is 11.2. The maximum atomic E-state index is 11.2. The quantitative estimate of drug-likeness (QED) is 0.851. The Bertz CT molecular complexity index is 463. The number of hydrogen-bond donors (Lipinski definition) is 1. The van der Waals surface area contributed by atoms with Crippen LogP contribution >= 0.6 is 0 Å². The third kappa shape index (κ3) is 3.80. The van der Waals surface area contributed by atoms with Crippen LogP contribution in [0.5, 0.6) is 0 Å². The van der Waals surface area contributed by atoms with Crippen LogP contribution in [-0.4, -0.2) is 31.9 Å². The van der Waals surface area contributed by atoms with E-state index in [2.05, 4.69) is 0 Å². The van der Waals surface area contributed by atoms with Crippen LogP contribution in [0.3, 0.4) is 0 Å². The molecule has 1 saturated heterocycles. The van der Waals surface area contributed by atoms with Gasteiger partial charge in [0.05, 0.1) is 5.75 Å². The summed E-state index contributed by atoms with van der Waals surface area (Å²) < 4.78 is 36.8. The second-order valence-electron chi connectivity index (χ2n) is 4.72. The van der Waals surface area contributed by atoms with Crippen molar-refractivity contribution < 1.29 is 17.7 Å². The summed E-state index contributed by atoms with van der Waals surface area (Å²) in [7, 11) is -3.96. The highest BCUT2D eigenvalue weighted by atomic mass is 32.2. The average Bonchev–Trinajstić information content (AvgIpc) is 2.37. The first-order valence-corrected chi connectivity index (χ1v) is 7.75. The van der Waals surface area contributed by atoms with Crippen LogP contribution in [0.2, 0.25) is 0 Å². The van der Waals surface area contributed by atoms with Crippen molar-refractivity contribution in [1.29, 1.82) is 0 Å². The zero-order chi connectivity index (χ0) is 13.0. The molecule has 1 fully saturated rings. The first-order chi connectivity index (χ1) is 8.56. The molecule has 1 aromatic carbocycles. The van der Waals surface area contributed by atoms with Crippen molar-refractivity contribution in [3.8, 4) is 0 Å². The van der Waals surface area contributed by atoms with E-state index >= 15 is 0 Å². The molecular formula is C13H18O4S. The average molecular weight is 270 g/mol. The van der Waals surface area contributed by atoms with Gasteiger partial charge in [-0.2, -0.15) is 8.42 Å². The van der Waals surface area contributed by atoms with Crippen LogP contribution in [0.1, 0.15) is 24.3 Å². The Morgan fingerprint density at radius 2 is 1.83 bits per heavy atom. The third-order valence-electron chi connectivity index (χ3n) is 3.45. The first-order valence-electron chi connectivity index (χ1n) is 6.14. The molecule has 1 heterocycles. The van der Waals surface area contributed by atoms with Crippen LogP contribution in [0.25, 0.3) is 0 Å². The molecule has 1 aliphatic heterocycles. The molecule has 0 saturated carbocycles. The van der Waals surface area contributed by atoms with E-state index in [1.54, 1.807) is 0 Å². The number of hydrogen-bond acceptors (Lipinski definition) is 3. The van der Waals surface area contributed by atoms with Gasteiger partial charge in [-0.25, -0.2) is 0 Å². The van der Waals surface area contributed by atoms with Gasteiger partial charge in [0.25, 0.3) is 10.1 Å². The van der Waals surface area contributed by atoms with Gasteiger partial charge in [-0.1, -0.05) is 30.3 Å². The summed E-state index contributed by atoms with van der Waals surface area (Å²) in [6, 6.07) is 9.53. The zero-order valence-corrected chi connectivity index (χ0v) is 11.0. The summed E-state index contributed by atoms with van der Waals surface area (Å²) in [6.07, 6.45) is 1.68. The van der Waals surface area contributed by atoms with E-state index < -0.39 is 10.1 Å². The van der Waals surface area contributed by atoms with Gasteiger partial charge in [0.1, 0.15) is 0 Å². The van der Waals surface area contributed by atoms with Crippen LogP contribution in [-0.2, 0) is 14.9 Å². The molecular weight excluding hydrogens is 252 g/mol. The lowest BCUT2D eigenvalue weighted by molar-refractivity contribution is 0.0597. The monoisotopic (exact) mass is 270 g/mol. The van der Waals surface area contributed by atoms with Gasteiger partial charge in [0.15, 0.2) is 0 Å². The van der Waals surface area contributed by atoms with E-state index in [4.69, 9.17) is 9.29 Å². The highest BCUT2D eigenvalue weighted by Crippen LogP contribution is 2.33. The molecule has 2 rings (SSSR count). The Balaban J connectivity index is 2.22. The summed E-state index contributed by atoms with van der Waals surface area (Å²) in [5.74, 6) is -0.102. The van der Waals surface area contributed by atoms with E-state index in [1.807, 2.05) is 30.3 Å². The number of rotatable bonds is 4. The van der Waals surface area contributed by atoms with Crippen LogP contribution in [0.4, 0.5) is 0 Å². The van der Waals surface area contributed by atoms with Crippen LogP contribution in [0, 0.1) is 5.92 Å². The Morgan fingerprint density at radius 3 is 2.39 bits per heavy atom. The molecule has 0 amide bonds. The Kier molecular flexibility index (Phi) is 4.37. The van der Waals surface area contributed by atoms with Crippen molar-refractivity contribution in [2.75, 3.05) is 19.0 Å². The summed E-state index contributed by atoms with van der Waals surface area (Å²) in [4.78, 5) is 0. The Hall–Kier alpha value is -0.910. The van der Waals surface area contributed by atoms with E-state index in [-0.39, 0.29) is 17.6 Å².